The van der Waals surface area contributed by atoms with Gasteiger partial charge in [0.1, 0.15) is 11.8 Å². The van der Waals surface area contributed by atoms with Gasteiger partial charge in [-0.2, -0.15) is 10.2 Å². The highest BCUT2D eigenvalue weighted by Gasteiger charge is 2.40. The van der Waals surface area contributed by atoms with Crippen molar-refractivity contribution in [3.05, 3.63) is 83.4 Å². The third-order valence-corrected chi connectivity index (χ3v) is 6.84. The average molecular weight is 540 g/mol. The molecule has 0 aromatic heterocycles. The number of azo groups is 1. The second kappa shape index (κ2) is 11.9. The van der Waals surface area contributed by atoms with Gasteiger partial charge in [0.25, 0.3) is 11.8 Å². The van der Waals surface area contributed by atoms with Gasteiger partial charge in [-0.05, 0) is 73.5 Å². The Morgan fingerprint density at radius 1 is 1.00 bits per heavy atom. The number of nitrogens with zero attached hydrogens (tertiary/aromatic N) is 3. The van der Waals surface area contributed by atoms with Gasteiger partial charge in [-0.25, -0.2) is 0 Å². The van der Waals surface area contributed by atoms with E-state index in [9.17, 15) is 19.2 Å². The van der Waals surface area contributed by atoms with Crippen LogP contribution in [-0.2, 0) is 16.1 Å². The number of carbonyl (C=O) groups excluding carboxylic acids is 4. The average Bonchev–Trinajstić information content (AvgIpc) is 3.30. The number of amides is 4. The Morgan fingerprint density at radius 2 is 1.70 bits per heavy atom. The number of benzene rings is 3. The lowest BCUT2D eigenvalue weighted by atomic mass is 10.0. The molecule has 3 aromatic rings. The summed E-state index contributed by atoms with van der Waals surface area (Å²) in [7, 11) is 0. The molecule has 2 aliphatic heterocycles. The topological polar surface area (TPSA) is 130 Å². The van der Waals surface area contributed by atoms with Gasteiger partial charge in [-0.3, -0.25) is 24.5 Å². The van der Waals surface area contributed by atoms with E-state index in [1.165, 1.54) is 4.90 Å². The predicted octanol–water partition coefficient (Wildman–Crippen LogP) is 5.29. The summed E-state index contributed by atoms with van der Waals surface area (Å²) in [6.07, 6.45) is 2.53. The van der Waals surface area contributed by atoms with Gasteiger partial charge in [0.2, 0.25) is 11.8 Å². The first kappa shape index (κ1) is 26.7. The minimum atomic E-state index is -0.722. The molecule has 1 fully saturated rings. The van der Waals surface area contributed by atoms with Crippen molar-refractivity contribution in [1.82, 2.24) is 10.2 Å². The van der Waals surface area contributed by atoms with Crippen molar-refractivity contribution >= 4 is 40.7 Å². The van der Waals surface area contributed by atoms with Crippen LogP contribution in [0, 0.1) is 0 Å². The molecule has 0 saturated carbocycles. The number of anilines is 1. The molecule has 1 saturated heterocycles. The van der Waals surface area contributed by atoms with E-state index in [4.69, 9.17) is 4.74 Å². The zero-order chi connectivity index (χ0) is 28.1. The second-order valence-electron chi connectivity index (χ2n) is 9.63. The largest absolute Gasteiger partial charge is 0.494 e. The Labute approximate surface area is 231 Å². The summed E-state index contributed by atoms with van der Waals surface area (Å²) < 4.78 is 5.66. The molecule has 2 N–H and O–H groups in total. The maximum absolute atomic E-state index is 13.0. The molecule has 10 heteroatoms. The van der Waals surface area contributed by atoms with Crippen molar-refractivity contribution in [3.8, 4) is 5.75 Å². The number of rotatable bonds is 9. The van der Waals surface area contributed by atoms with Crippen LogP contribution in [0.3, 0.4) is 0 Å². The van der Waals surface area contributed by atoms with Gasteiger partial charge in [0.05, 0.1) is 18.0 Å². The molecule has 0 aliphatic carbocycles. The SMILES string of the molecule is CCCCOc1ccc(/N=N/c2ccc(C(=O)Nc3cccc4c3CN(C3CCC(=O)NC3=O)C4=O)cc2)cc1. The van der Waals surface area contributed by atoms with Crippen molar-refractivity contribution in [2.24, 2.45) is 10.2 Å². The minimum absolute atomic E-state index is 0.169. The van der Waals surface area contributed by atoms with Crippen LogP contribution in [0.25, 0.3) is 0 Å². The van der Waals surface area contributed by atoms with Crippen LogP contribution in [-0.4, -0.2) is 41.2 Å². The van der Waals surface area contributed by atoms with Gasteiger partial charge < -0.3 is 15.0 Å². The summed E-state index contributed by atoms with van der Waals surface area (Å²) in [4.78, 5) is 51.3. The molecule has 2 aliphatic rings. The molecule has 204 valence electrons. The fourth-order valence-electron chi connectivity index (χ4n) is 4.64. The molecule has 10 nitrogen and oxygen atoms in total. The van der Waals surface area contributed by atoms with Gasteiger partial charge in [-0.15, -0.1) is 0 Å². The lowest BCUT2D eigenvalue weighted by Gasteiger charge is -2.29. The number of hydrogen-bond donors (Lipinski definition) is 2. The number of hydrogen-bond acceptors (Lipinski definition) is 7. The molecule has 1 unspecified atom stereocenters. The maximum atomic E-state index is 13.0. The summed E-state index contributed by atoms with van der Waals surface area (Å²) in [6.45, 7) is 2.97. The molecule has 1 atom stereocenters. The van der Waals surface area contributed by atoms with E-state index in [0.717, 1.165) is 18.6 Å². The van der Waals surface area contributed by atoms with Gasteiger partial charge >= 0.3 is 0 Å². The maximum Gasteiger partial charge on any atom is 0.255 e. The van der Waals surface area contributed by atoms with Crippen molar-refractivity contribution in [2.45, 2.75) is 45.2 Å². The molecule has 4 amide bonds. The fourth-order valence-corrected chi connectivity index (χ4v) is 4.64. The zero-order valence-corrected chi connectivity index (χ0v) is 22.1. The highest BCUT2D eigenvalue weighted by Crippen LogP contribution is 2.32. The molecule has 40 heavy (non-hydrogen) atoms. The Balaban J connectivity index is 1.22. The fraction of sp³-hybridized carbons (Fsp3) is 0.267. The molecule has 2 heterocycles. The molecule has 5 rings (SSSR count). The first-order chi connectivity index (χ1) is 19.4. The monoisotopic (exact) mass is 539 g/mol. The number of piperidine rings is 1. The Hall–Kier alpha value is -4.86. The van der Waals surface area contributed by atoms with Crippen molar-refractivity contribution in [1.29, 1.82) is 0 Å². The number of imide groups is 1. The lowest BCUT2D eigenvalue weighted by Crippen LogP contribution is -2.52. The molecule has 0 radical (unpaired) electrons. The van der Waals surface area contributed by atoms with Crippen LogP contribution in [0.4, 0.5) is 17.1 Å². The van der Waals surface area contributed by atoms with E-state index in [2.05, 4.69) is 27.8 Å². The summed E-state index contributed by atoms with van der Waals surface area (Å²) in [6, 6.07) is 18.4. The van der Waals surface area contributed by atoms with E-state index in [0.29, 0.717) is 40.4 Å². The zero-order valence-electron chi connectivity index (χ0n) is 22.1. The third-order valence-electron chi connectivity index (χ3n) is 6.84. The van der Waals surface area contributed by atoms with E-state index in [-0.39, 0.29) is 37.1 Å². The summed E-state index contributed by atoms with van der Waals surface area (Å²) in [5.74, 6) is -0.669. The summed E-state index contributed by atoms with van der Waals surface area (Å²) in [5, 5.41) is 13.7. The smallest absolute Gasteiger partial charge is 0.255 e. The van der Waals surface area contributed by atoms with Crippen molar-refractivity contribution in [2.75, 3.05) is 11.9 Å². The van der Waals surface area contributed by atoms with E-state index in [1.807, 2.05) is 24.3 Å². The van der Waals surface area contributed by atoms with Gasteiger partial charge in [0.15, 0.2) is 0 Å². The number of ether oxygens (including phenoxy) is 1. The van der Waals surface area contributed by atoms with Crippen LogP contribution in [0.5, 0.6) is 5.75 Å². The minimum Gasteiger partial charge on any atom is -0.494 e. The molecule has 0 spiro atoms. The van der Waals surface area contributed by atoms with Crippen molar-refractivity contribution < 1.29 is 23.9 Å². The van der Waals surface area contributed by atoms with Gasteiger partial charge in [0, 0.05) is 35.3 Å². The number of fused-ring (bicyclic) bond motifs is 1. The first-order valence-corrected chi connectivity index (χ1v) is 13.3. The van der Waals surface area contributed by atoms with Gasteiger partial charge in [-0.1, -0.05) is 19.4 Å². The van der Waals surface area contributed by atoms with E-state index < -0.39 is 11.9 Å². The normalized spacial score (nSPS) is 16.7. The summed E-state index contributed by atoms with van der Waals surface area (Å²) in [5.41, 5.74) is 3.25. The molecule has 3 aromatic carbocycles. The molecule has 0 bridgehead atoms. The number of carbonyl (C=O) groups is 4. The van der Waals surface area contributed by atoms with E-state index in [1.54, 1.807) is 42.5 Å². The highest BCUT2D eigenvalue weighted by molar-refractivity contribution is 6.08. The predicted molar refractivity (Wildman–Crippen MR) is 148 cm³/mol. The highest BCUT2D eigenvalue weighted by atomic mass is 16.5. The molecular weight excluding hydrogens is 510 g/mol. The third kappa shape index (κ3) is 5.90. The Bertz CT molecular complexity index is 1470. The Morgan fingerprint density at radius 3 is 2.38 bits per heavy atom. The molecular formula is C30H29N5O5. The van der Waals surface area contributed by atoms with Crippen molar-refractivity contribution in [3.63, 3.8) is 0 Å². The van der Waals surface area contributed by atoms with Crippen LogP contribution in [0.15, 0.2) is 77.0 Å². The van der Waals surface area contributed by atoms with Crippen LogP contribution in [0.2, 0.25) is 0 Å². The van der Waals surface area contributed by atoms with E-state index >= 15 is 0 Å². The standard InChI is InChI=1S/C30H29N5O5/c1-2-3-17-40-22-13-11-21(12-14-22)34-33-20-9-7-19(8-10-20)28(37)31-25-6-4-5-23-24(25)18-35(30(23)39)26-15-16-27(36)32-29(26)38/h4-14,26H,2-3,15-18H2,1H3,(H,31,37)(H,32,36,38)/b34-33+. The quantitative estimate of drug-likeness (QED) is 0.217. The first-order valence-electron chi connectivity index (χ1n) is 13.3. The van der Waals surface area contributed by atoms with Crippen LogP contribution >= 0.6 is 0 Å². The lowest BCUT2D eigenvalue weighted by molar-refractivity contribution is -0.136. The van der Waals surface area contributed by atoms with Crippen LogP contribution < -0.4 is 15.4 Å². The Kier molecular flexibility index (Phi) is 7.95. The summed E-state index contributed by atoms with van der Waals surface area (Å²) >= 11 is 0. The number of nitrogens with one attached hydrogen (secondary N) is 2. The second-order valence-corrected chi connectivity index (χ2v) is 9.63. The number of unbranched alkanes of at least 4 members (excludes halogenated alkanes) is 1. The van der Waals surface area contributed by atoms with Crippen LogP contribution in [0.1, 0.15) is 58.9 Å².